The Labute approximate surface area is 109 Å². The topological polar surface area (TPSA) is 38.1 Å². The summed E-state index contributed by atoms with van der Waals surface area (Å²) in [5.41, 5.74) is 3.26. The molecular weight excluding hydrogens is 224 g/mol. The van der Waals surface area contributed by atoms with Gasteiger partial charge in [0, 0.05) is 0 Å². The number of hydrogen-bond acceptors (Lipinski definition) is 3. The maximum absolute atomic E-state index is 5.71. The first-order valence-electron chi connectivity index (χ1n) is 6.61. The zero-order valence-corrected chi connectivity index (χ0v) is 11.7. The van der Waals surface area contributed by atoms with Crippen molar-refractivity contribution in [2.75, 3.05) is 6.54 Å². The van der Waals surface area contributed by atoms with Gasteiger partial charge in [0.05, 0.1) is 6.54 Å². The standard InChI is InChI=1S/C15H22N2O/c1-5-8-16-10-14-17-12-9-11(15(2,3)4)6-7-13(12)18-14/h6-7,9,16H,5,8,10H2,1-4H3. The molecule has 0 radical (unpaired) electrons. The van der Waals surface area contributed by atoms with Gasteiger partial charge in [-0.1, -0.05) is 33.8 Å². The summed E-state index contributed by atoms with van der Waals surface area (Å²) in [7, 11) is 0. The van der Waals surface area contributed by atoms with Crippen LogP contribution < -0.4 is 5.32 Å². The van der Waals surface area contributed by atoms with E-state index in [9.17, 15) is 0 Å². The molecule has 1 aromatic carbocycles. The number of fused-ring (bicyclic) bond motifs is 1. The minimum atomic E-state index is 0.147. The Bertz CT molecular complexity index is 523. The second-order valence-corrected chi connectivity index (χ2v) is 5.72. The fourth-order valence-electron chi connectivity index (χ4n) is 1.89. The Balaban J connectivity index is 2.23. The smallest absolute Gasteiger partial charge is 0.209 e. The van der Waals surface area contributed by atoms with E-state index in [0.29, 0.717) is 6.54 Å². The molecule has 3 heteroatoms. The van der Waals surface area contributed by atoms with Gasteiger partial charge < -0.3 is 9.73 Å². The molecule has 0 fully saturated rings. The molecule has 18 heavy (non-hydrogen) atoms. The Morgan fingerprint density at radius 3 is 2.72 bits per heavy atom. The van der Waals surface area contributed by atoms with Gasteiger partial charge in [-0.25, -0.2) is 4.98 Å². The molecule has 1 heterocycles. The first kappa shape index (κ1) is 13.1. The highest BCUT2D eigenvalue weighted by Gasteiger charge is 2.15. The van der Waals surface area contributed by atoms with Crippen molar-refractivity contribution >= 4 is 11.1 Å². The number of rotatable bonds is 4. The van der Waals surface area contributed by atoms with Crippen molar-refractivity contribution in [1.29, 1.82) is 0 Å². The molecule has 0 saturated heterocycles. The zero-order valence-electron chi connectivity index (χ0n) is 11.7. The van der Waals surface area contributed by atoms with E-state index in [1.165, 1.54) is 5.56 Å². The fraction of sp³-hybridized carbons (Fsp3) is 0.533. The molecule has 3 nitrogen and oxygen atoms in total. The molecule has 1 aromatic heterocycles. The summed E-state index contributed by atoms with van der Waals surface area (Å²) in [5.74, 6) is 0.768. The molecule has 0 spiro atoms. The van der Waals surface area contributed by atoms with Gasteiger partial charge in [-0.15, -0.1) is 0 Å². The summed E-state index contributed by atoms with van der Waals surface area (Å²) >= 11 is 0. The van der Waals surface area contributed by atoms with Gasteiger partial charge in [0.2, 0.25) is 5.89 Å². The molecular formula is C15H22N2O. The van der Waals surface area contributed by atoms with Crippen LogP contribution >= 0.6 is 0 Å². The Morgan fingerprint density at radius 2 is 2.06 bits per heavy atom. The monoisotopic (exact) mass is 246 g/mol. The summed E-state index contributed by atoms with van der Waals surface area (Å²) in [6.45, 7) is 10.5. The number of aromatic nitrogens is 1. The Kier molecular flexibility index (Phi) is 3.71. The summed E-state index contributed by atoms with van der Waals surface area (Å²) in [6, 6.07) is 6.27. The molecule has 0 amide bonds. The highest BCUT2D eigenvalue weighted by Crippen LogP contribution is 2.26. The molecule has 0 aliphatic heterocycles. The number of hydrogen-bond donors (Lipinski definition) is 1. The highest BCUT2D eigenvalue weighted by molar-refractivity contribution is 5.73. The van der Waals surface area contributed by atoms with Crippen molar-refractivity contribution in [2.24, 2.45) is 0 Å². The third-order valence-corrected chi connectivity index (χ3v) is 3.00. The quantitative estimate of drug-likeness (QED) is 0.837. The summed E-state index contributed by atoms with van der Waals surface area (Å²) in [5, 5.41) is 3.30. The predicted octanol–water partition coefficient (Wildman–Crippen LogP) is 3.62. The minimum absolute atomic E-state index is 0.147. The van der Waals surface area contributed by atoms with Gasteiger partial charge in [-0.3, -0.25) is 0 Å². The molecule has 0 saturated carbocycles. The first-order chi connectivity index (χ1) is 8.50. The van der Waals surface area contributed by atoms with Crippen molar-refractivity contribution in [2.45, 2.75) is 46.1 Å². The van der Waals surface area contributed by atoms with Crippen LogP contribution in [0.4, 0.5) is 0 Å². The zero-order chi connectivity index (χ0) is 13.2. The van der Waals surface area contributed by atoms with Crippen molar-refractivity contribution in [3.63, 3.8) is 0 Å². The van der Waals surface area contributed by atoms with E-state index in [0.717, 1.165) is 30.0 Å². The van der Waals surface area contributed by atoms with E-state index >= 15 is 0 Å². The molecule has 0 unspecified atom stereocenters. The third kappa shape index (κ3) is 2.91. The lowest BCUT2D eigenvalue weighted by Crippen LogP contribution is -2.13. The molecule has 2 aromatic rings. The normalized spacial score (nSPS) is 12.2. The van der Waals surface area contributed by atoms with Crippen molar-refractivity contribution in [3.05, 3.63) is 29.7 Å². The van der Waals surface area contributed by atoms with Crippen LogP contribution in [0, 0.1) is 0 Å². The number of benzene rings is 1. The van der Waals surface area contributed by atoms with Gasteiger partial charge in [0.25, 0.3) is 0 Å². The van der Waals surface area contributed by atoms with E-state index in [1.54, 1.807) is 0 Å². The number of oxazole rings is 1. The van der Waals surface area contributed by atoms with Crippen molar-refractivity contribution in [1.82, 2.24) is 10.3 Å². The van der Waals surface area contributed by atoms with Crippen LogP contribution in [0.5, 0.6) is 0 Å². The van der Waals surface area contributed by atoms with Gasteiger partial charge in [0.15, 0.2) is 5.58 Å². The highest BCUT2D eigenvalue weighted by atomic mass is 16.3. The Morgan fingerprint density at radius 1 is 1.28 bits per heavy atom. The predicted molar refractivity (Wildman–Crippen MR) is 74.7 cm³/mol. The van der Waals surface area contributed by atoms with Crippen LogP contribution in [-0.2, 0) is 12.0 Å². The van der Waals surface area contributed by atoms with Gasteiger partial charge in [-0.05, 0) is 36.1 Å². The van der Waals surface area contributed by atoms with Crippen LogP contribution in [0.25, 0.3) is 11.1 Å². The van der Waals surface area contributed by atoms with Crippen LogP contribution in [0.15, 0.2) is 22.6 Å². The molecule has 2 rings (SSSR count). The second-order valence-electron chi connectivity index (χ2n) is 5.72. The summed E-state index contributed by atoms with van der Waals surface area (Å²) in [4.78, 5) is 4.53. The SMILES string of the molecule is CCCNCc1nc2cc(C(C)(C)C)ccc2o1. The van der Waals surface area contributed by atoms with Crippen LogP contribution in [-0.4, -0.2) is 11.5 Å². The minimum Gasteiger partial charge on any atom is -0.439 e. The van der Waals surface area contributed by atoms with E-state index in [1.807, 2.05) is 6.07 Å². The van der Waals surface area contributed by atoms with Gasteiger partial charge >= 0.3 is 0 Å². The van der Waals surface area contributed by atoms with Gasteiger partial charge in [-0.2, -0.15) is 0 Å². The van der Waals surface area contributed by atoms with E-state index in [2.05, 4.69) is 50.1 Å². The van der Waals surface area contributed by atoms with E-state index in [4.69, 9.17) is 4.42 Å². The lowest BCUT2D eigenvalue weighted by Gasteiger charge is -2.18. The van der Waals surface area contributed by atoms with E-state index < -0.39 is 0 Å². The van der Waals surface area contributed by atoms with Crippen LogP contribution in [0.3, 0.4) is 0 Å². The number of nitrogens with zero attached hydrogens (tertiary/aromatic N) is 1. The Hall–Kier alpha value is -1.35. The first-order valence-corrected chi connectivity index (χ1v) is 6.61. The van der Waals surface area contributed by atoms with Crippen molar-refractivity contribution < 1.29 is 4.42 Å². The molecule has 1 N–H and O–H groups in total. The average molecular weight is 246 g/mol. The third-order valence-electron chi connectivity index (χ3n) is 3.00. The van der Waals surface area contributed by atoms with Crippen molar-refractivity contribution in [3.8, 4) is 0 Å². The molecule has 0 bridgehead atoms. The lowest BCUT2D eigenvalue weighted by atomic mass is 9.87. The largest absolute Gasteiger partial charge is 0.439 e. The maximum Gasteiger partial charge on any atom is 0.209 e. The lowest BCUT2D eigenvalue weighted by molar-refractivity contribution is 0.495. The maximum atomic E-state index is 5.71. The van der Waals surface area contributed by atoms with E-state index in [-0.39, 0.29) is 5.41 Å². The molecule has 98 valence electrons. The fourth-order valence-corrected chi connectivity index (χ4v) is 1.89. The summed E-state index contributed by atoms with van der Waals surface area (Å²) in [6.07, 6.45) is 1.12. The molecule has 0 aliphatic carbocycles. The number of nitrogens with one attached hydrogen (secondary N) is 1. The van der Waals surface area contributed by atoms with Crippen LogP contribution in [0.2, 0.25) is 0 Å². The molecule has 0 atom stereocenters. The average Bonchev–Trinajstić information content (AvgIpc) is 2.69. The van der Waals surface area contributed by atoms with Crippen LogP contribution in [0.1, 0.15) is 45.6 Å². The second kappa shape index (κ2) is 5.11. The van der Waals surface area contributed by atoms with Gasteiger partial charge in [0.1, 0.15) is 5.52 Å². The summed E-state index contributed by atoms with van der Waals surface area (Å²) < 4.78 is 5.71. The molecule has 0 aliphatic rings.